The highest BCUT2D eigenvalue weighted by atomic mass is 19.1. The van der Waals surface area contributed by atoms with E-state index in [2.05, 4.69) is 31.8 Å². The van der Waals surface area contributed by atoms with Gasteiger partial charge in [0.1, 0.15) is 5.82 Å². The maximum Gasteiger partial charge on any atom is 0.147 e. The monoisotopic (exact) mass is 221 g/mol. The summed E-state index contributed by atoms with van der Waals surface area (Å²) in [6.07, 6.45) is 0.813. The molecule has 0 spiro atoms. The molecule has 88 valence electrons. The van der Waals surface area contributed by atoms with Gasteiger partial charge in [0.2, 0.25) is 0 Å². The molecule has 0 unspecified atom stereocenters. The Bertz CT molecular complexity index is 394. The van der Waals surface area contributed by atoms with Crippen molar-refractivity contribution in [2.75, 3.05) is 5.32 Å². The third-order valence-electron chi connectivity index (χ3n) is 2.58. The average Bonchev–Trinajstić information content (AvgIpc) is 2.19. The van der Waals surface area contributed by atoms with Crippen LogP contribution in [0.3, 0.4) is 0 Å². The van der Waals surface area contributed by atoms with Crippen LogP contribution in [0.25, 0.3) is 0 Å². The maximum atomic E-state index is 13.9. The molecule has 0 bridgehead atoms. The molecule has 0 aliphatic rings. The first-order valence-electron chi connectivity index (χ1n) is 5.70. The lowest BCUT2D eigenvalue weighted by molar-refractivity contribution is 0.625. The van der Waals surface area contributed by atoms with Gasteiger partial charge in [-0.3, -0.25) is 0 Å². The van der Waals surface area contributed by atoms with E-state index in [9.17, 15) is 4.39 Å². The van der Waals surface area contributed by atoms with E-state index >= 15 is 0 Å². The standard InChI is InChI=1S/C14H20FN/c1-6-11-7-12(9(2)3)8-13(15)14(11)16-10(4)5/h7-9,16H,4,6H2,1-3,5H3. The maximum absolute atomic E-state index is 13.9. The second kappa shape index (κ2) is 5.15. The van der Waals surface area contributed by atoms with Crippen LogP contribution in [0.4, 0.5) is 10.1 Å². The Morgan fingerprint density at radius 2 is 2.06 bits per heavy atom. The Hall–Kier alpha value is -1.31. The number of benzene rings is 1. The van der Waals surface area contributed by atoms with E-state index < -0.39 is 0 Å². The lowest BCUT2D eigenvalue weighted by Crippen LogP contribution is -2.03. The molecule has 1 aromatic carbocycles. The van der Waals surface area contributed by atoms with Crippen LogP contribution < -0.4 is 5.32 Å². The van der Waals surface area contributed by atoms with Crippen molar-refractivity contribution in [1.29, 1.82) is 0 Å². The molecule has 16 heavy (non-hydrogen) atoms. The van der Waals surface area contributed by atoms with Gasteiger partial charge in [-0.15, -0.1) is 0 Å². The van der Waals surface area contributed by atoms with E-state index in [0.717, 1.165) is 23.2 Å². The minimum absolute atomic E-state index is 0.189. The number of aryl methyl sites for hydroxylation is 1. The summed E-state index contributed by atoms with van der Waals surface area (Å²) in [6.45, 7) is 11.7. The summed E-state index contributed by atoms with van der Waals surface area (Å²) in [4.78, 5) is 0. The van der Waals surface area contributed by atoms with Crippen LogP contribution in [0.5, 0.6) is 0 Å². The van der Waals surface area contributed by atoms with Gasteiger partial charge in [0.25, 0.3) is 0 Å². The first-order chi connectivity index (χ1) is 7.45. The normalized spacial score (nSPS) is 10.6. The highest BCUT2D eigenvalue weighted by Gasteiger charge is 2.11. The fourth-order valence-corrected chi connectivity index (χ4v) is 1.65. The van der Waals surface area contributed by atoms with E-state index in [1.807, 2.05) is 13.8 Å². The predicted molar refractivity (Wildman–Crippen MR) is 68.3 cm³/mol. The molecule has 0 atom stereocenters. The second-order valence-electron chi connectivity index (χ2n) is 4.45. The molecule has 0 amide bonds. The largest absolute Gasteiger partial charge is 0.357 e. The molecule has 0 fully saturated rings. The molecule has 0 aromatic heterocycles. The number of nitrogens with one attached hydrogen (secondary N) is 1. The van der Waals surface area contributed by atoms with Crippen molar-refractivity contribution >= 4 is 5.69 Å². The predicted octanol–water partition coefficient (Wildman–Crippen LogP) is 4.46. The Morgan fingerprint density at radius 3 is 2.50 bits per heavy atom. The zero-order valence-corrected chi connectivity index (χ0v) is 10.5. The van der Waals surface area contributed by atoms with Crippen molar-refractivity contribution < 1.29 is 4.39 Å². The van der Waals surface area contributed by atoms with Gasteiger partial charge in [-0.1, -0.05) is 33.4 Å². The minimum atomic E-state index is -0.189. The van der Waals surface area contributed by atoms with Gasteiger partial charge < -0.3 is 5.32 Å². The Morgan fingerprint density at radius 1 is 1.44 bits per heavy atom. The van der Waals surface area contributed by atoms with Crippen molar-refractivity contribution in [2.45, 2.75) is 40.0 Å². The summed E-state index contributed by atoms with van der Waals surface area (Å²) in [6, 6.07) is 3.67. The first-order valence-corrected chi connectivity index (χ1v) is 5.70. The number of rotatable bonds is 4. The van der Waals surface area contributed by atoms with Crippen molar-refractivity contribution in [3.05, 3.63) is 41.4 Å². The lowest BCUT2D eigenvalue weighted by atomic mass is 9.98. The average molecular weight is 221 g/mol. The number of anilines is 1. The lowest BCUT2D eigenvalue weighted by Gasteiger charge is -2.15. The smallest absolute Gasteiger partial charge is 0.147 e. The van der Waals surface area contributed by atoms with Crippen LogP contribution in [-0.2, 0) is 6.42 Å². The van der Waals surface area contributed by atoms with Crippen LogP contribution in [0.1, 0.15) is 44.7 Å². The quantitative estimate of drug-likeness (QED) is 0.791. The van der Waals surface area contributed by atoms with Gasteiger partial charge >= 0.3 is 0 Å². The zero-order valence-electron chi connectivity index (χ0n) is 10.5. The summed E-state index contributed by atoms with van der Waals surface area (Å²) in [5.74, 6) is 0.157. The van der Waals surface area contributed by atoms with Crippen molar-refractivity contribution in [2.24, 2.45) is 0 Å². The number of hydrogen-bond acceptors (Lipinski definition) is 1. The molecule has 1 N–H and O–H groups in total. The van der Waals surface area contributed by atoms with Crippen LogP contribution in [-0.4, -0.2) is 0 Å². The van der Waals surface area contributed by atoms with E-state index in [4.69, 9.17) is 0 Å². The van der Waals surface area contributed by atoms with Crippen LogP contribution in [0.15, 0.2) is 24.4 Å². The van der Waals surface area contributed by atoms with Crippen molar-refractivity contribution in [1.82, 2.24) is 0 Å². The van der Waals surface area contributed by atoms with Gasteiger partial charge in [0.05, 0.1) is 5.69 Å². The molecule has 0 aliphatic carbocycles. The van der Waals surface area contributed by atoms with Gasteiger partial charge in [0.15, 0.2) is 0 Å². The molecule has 1 aromatic rings. The fraction of sp³-hybridized carbons (Fsp3) is 0.429. The highest BCUT2D eigenvalue weighted by molar-refractivity contribution is 5.57. The summed E-state index contributed by atoms with van der Waals surface area (Å²) < 4.78 is 13.9. The topological polar surface area (TPSA) is 12.0 Å². The molecule has 0 aliphatic heterocycles. The van der Waals surface area contributed by atoms with Crippen LogP contribution in [0, 0.1) is 5.82 Å². The summed E-state index contributed by atoms with van der Waals surface area (Å²) in [7, 11) is 0. The third kappa shape index (κ3) is 2.84. The Balaban J connectivity index is 3.22. The van der Waals surface area contributed by atoms with Crippen molar-refractivity contribution in [3.63, 3.8) is 0 Å². The molecular formula is C14H20FN. The first kappa shape index (κ1) is 12.8. The van der Waals surface area contributed by atoms with Gasteiger partial charge in [-0.2, -0.15) is 0 Å². The number of hydrogen-bond donors (Lipinski definition) is 1. The highest BCUT2D eigenvalue weighted by Crippen LogP contribution is 2.27. The Kier molecular flexibility index (Phi) is 4.11. The van der Waals surface area contributed by atoms with Gasteiger partial charge in [0, 0.05) is 5.70 Å². The molecule has 0 heterocycles. The second-order valence-corrected chi connectivity index (χ2v) is 4.45. The summed E-state index contributed by atoms with van der Waals surface area (Å²) in [5, 5.41) is 2.99. The van der Waals surface area contributed by atoms with Gasteiger partial charge in [-0.25, -0.2) is 4.39 Å². The van der Waals surface area contributed by atoms with Crippen LogP contribution in [0.2, 0.25) is 0 Å². The van der Waals surface area contributed by atoms with E-state index in [-0.39, 0.29) is 5.82 Å². The van der Waals surface area contributed by atoms with E-state index in [1.165, 1.54) is 0 Å². The molecule has 0 saturated carbocycles. The molecule has 0 saturated heterocycles. The summed E-state index contributed by atoms with van der Waals surface area (Å²) >= 11 is 0. The zero-order chi connectivity index (χ0) is 12.3. The SMILES string of the molecule is C=C(C)Nc1c(F)cc(C(C)C)cc1CC. The number of halogens is 1. The molecule has 1 rings (SSSR count). The molecule has 2 heteroatoms. The van der Waals surface area contributed by atoms with Crippen molar-refractivity contribution in [3.8, 4) is 0 Å². The summed E-state index contributed by atoms with van der Waals surface area (Å²) in [5.41, 5.74) is 3.37. The molecule has 1 nitrogen and oxygen atoms in total. The minimum Gasteiger partial charge on any atom is -0.357 e. The van der Waals surface area contributed by atoms with Gasteiger partial charge in [-0.05, 0) is 36.5 Å². The van der Waals surface area contributed by atoms with Crippen LogP contribution >= 0.6 is 0 Å². The van der Waals surface area contributed by atoms with E-state index in [0.29, 0.717) is 11.6 Å². The number of allylic oxidation sites excluding steroid dienone is 1. The Labute approximate surface area is 97.4 Å². The fourth-order valence-electron chi connectivity index (χ4n) is 1.65. The molecule has 0 radical (unpaired) electrons. The molecular weight excluding hydrogens is 201 g/mol. The van der Waals surface area contributed by atoms with E-state index in [1.54, 1.807) is 6.07 Å². The third-order valence-corrected chi connectivity index (χ3v) is 2.58.